The second-order valence-electron chi connectivity index (χ2n) is 6.93. The van der Waals surface area contributed by atoms with Crippen LogP contribution in [0.3, 0.4) is 0 Å². The maximum absolute atomic E-state index is 13.8. The summed E-state index contributed by atoms with van der Waals surface area (Å²) in [6.45, 7) is 3.01. The number of hydrogen-bond donors (Lipinski definition) is 2. The first-order chi connectivity index (χ1) is 13.5. The number of H-pyrrole nitrogens is 1. The molecule has 0 saturated carbocycles. The number of nitrogens with zero attached hydrogens (tertiary/aromatic N) is 2. The van der Waals surface area contributed by atoms with E-state index < -0.39 is 5.97 Å². The van der Waals surface area contributed by atoms with Crippen molar-refractivity contribution in [2.75, 3.05) is 26.2 Å². The van der Waals surface area contributed by atoms with Crippen LogP contribution in [-0.4, -0.2) is 57.9 Å². The molecule has 1 aliphatic heterocycles. The van der Waals surface area contributed by atoms with Crippen LogP contribution in [-0.2, 0) is 6.54 Å². The quantitative estimate of drug-likeness (QED) is 0.729. The lowest BCUT2D eigenvalue weighted by Gasteiger charge is -2.34. The monoisotopic (exact) mass is 381 g/mol. The first kappa shape index (κ1) is 18.2. The Morgan fingerprint density at radius 3 is 2.54 bits per heavy atom. The lowest BCUT2D eigenvalue weighted by Crippen LogP contribution is -2.48. The number of aromatic nitrogens is 1. The maximum Gasteiger partial charge on any atom is 0.337 e. The van der Waals surface area contributed by atoms with E-state index in [1.165, 1.54) is 12.3 Å². The van der Waals surface area contributed by atoms with Crippen molar-refractivity contribution in [3.05, 3.63) is 71.2 Å². The number of carboxylic acids is 1. The van der Waals surface area contributed by atoms with Crippen molar-refractivity contribution in [1.82, 2.24) is 14.8 Å². The number of amides is 1. The molecule has 7 heteroatoms. The van der Waals surface area contributed by atoms with Crippen LogP contribution < -0.4 is 0 Å². The number of piperazine rings is 1. The van der Waals surface area contributed by atoms with E-state index in [0.29, 0.717) is 54.8 Å². The Labute approximate surface area is 161 Å². The fourth-order valence-corrected chi connectivity index (χ4v) is 3.60. The molecule has 0 atom stereocenters. The molecule has 0 spiro atoms. The van der Waals surface area contributed by atoms with Crippen molar-refractivity contribution < 1.29 is 19.1 Å². The third-order valence-electron chi connectivity index (χ3n) is 5.17. The minimum atomic E-state index is -1.00. The predicted molar refractivity (Wildman–Crippen MR) is 103 cm³/mol. The van der Waals surface area contributed by atoms with Crippen molar-refractivity contribution in [3.63, 3.8) is 0 Å². The molecule has 1 saturated heterocycles. The highest BCUT2D eigenvalue weighted by Gasteiger charge is 2.23. The van der Waals surface area contributed by atoms with Crippen molar-refractivity contribution >= 4 is 22.8 Å². The Kier molecular flexibility index (Phi) is 4.83. The van der Waals surface area contributed by atoms with Gasteiger partial charge in [-0.15, -0.1) is 0 Å². The molecule has 1 amide bonds. The number of benzene rings is 2. The molecule has 144 valence electrons. The molecule has 0 radical (unpaired) electrons. The smallest absolute Gasteiger partial charge is 0.337 e. The Morgan fingerprint density at radius 1 is 1.07 bits per heavy atom. The van der Waals surface area contributed by atoms with Gasteiger partial charge < -0.3 is 15.0 Å². The minimum Gasteiger partial charge on any atom is -0.478 e. The van der Waals surface area contributed by atoms with Gasteiger partial charge in [0.1, 0.15) is 5.82 Å². The summed E-state index contributed by atoms with van der Waals surface area (Å²) in [6.07, 6.45) is 1.43. The summed E-state index contributed by atoms with van der Waals surface area (Å²) >= 11 is 0. The van der Waals surface area contributed by atoms with E-state index in [2.05, 4.69) is 9.88 Å². The Balaban J connectivity index is 1.42. The molecule has 1 aliphatic rings. The highest BCUT2D eigenvalue weighted by molar-refractivity contribution is 6.05. The Bertz CT molecular complexity index is 1040. The number of halogens is 1. The van der Waals surface area contributed by atoms with Gasteiger partial charge in [-0.3, -0.25) is 9.69 Å². The number of hydrogen-bond acceptors (Lipinski definition) is 3. The van der Waals surface area contributed by atoms with Gasteiger partial charge in [0.15, 0.2) is 0 Å². The van der Waals surface area contributed by atoms with E-state index in [-0.39, 0.29) is 17.3 Å². The van der Waals surface area contributed by atoms with E-state index >= 15 is 0 Å². The molecule has 3 aromatic rings. The number of carbonyl (C=O) groups is 2. The van der Waals surface area contributed by atoms with Crippen molar-refractivity contribution in [2.24, 2.45) is 0 Å². The lowest BCUT2D eigenvalue weighted by molar-refractivity contribution is 0.0626. The summed E-state index contributed by atoms with van der Waals surface area (Å²) in [4.78, 5) is 30.8. The summed E-state index contributed by atoms with van der Waals surface area (Å²) in [6, 6.07) is 11.8. The fourth-order valence-electron chi connectivity index (χ4n) is 3.60. The molecule has 2 aromatic carbocycles. The van der Waals surface area contributed by atoms with E-state index in [0.717, 1.165) is 0 Å². The molecule has 1 fully saturated rings. The number of carbonyl (C=O) groups excluding carboxylic acids is 1. The first-order valence-electron chi connectivity index (χ1n) is 9.12. The molecule has 6 nitrogen and oxygen atoms in total. The summed E-state index contributed by atoms with van der Waals surface area (Å²) < 4.78 is 13.8. The summed E-state index contributed by atoms with van der Waals surface area (Å²) in [5, 5.41) is 9.76. The number of fused-ring (bicyclic) bond motifs is 1. The average Bonchev–Trinajstić information content (AvgIpc) is 3.13. The average molecular weight is 381 g/mol. The van der Waals surface area contributed by atoms with Crippen LogP contribution in [0.5, 0.6) is 0 Å². The van der Waals surface area contributed by atoms with Gasteiger partial charge in [-0.25, -0.2) is 9.18 Å². The SMILES string of the molecule is O=C(O)c1c[nH]c2cc(C(=O)N3CCN(Cc4ccccc4F)CC3)ccc12. The molecule has 0 bridgehead atoms. The molecule has 1 aromatic heterocycles. The molecule has 2 N–H and O–H groups in total. The van der Waals surface area contributed by atoms with Crippen LogP contribution in [0.1, 0.15) is 26.3 Å². The third kappa shape index (κ3) is 3.48. The van der Waals surface area contributed by atoms with Crippen LogP contribution in [0, 0.1) is 5.82 Å². The van der Waals surface area contributed by atoms with E-state index in [1.807, 2.05) is 6.07 Å². The zero-order valence-corrected chi connectivity index (χ0v) is 15.2. The van der Waals surface area contributed by atoms with Crippen LogP contribution in [0.2, 0.25) is 0 Å². The van der Waals surface area contributed by atoms with Crippen molar-refractivity contribution in [3.8, 4) is 0 Å². The third-order valence-corrected chi connectivity index (χ3v) is 5.17. The number of aromatic carboxylic acids is 1. The molecule has 0 aliphatic carbocycles. The molecular formula is C21H20FN3O3. The molecule has 4 rings (SSSR count). The first-order valence-corrected chi connectivity index (χ1v) is 9.12. The van der Waals surface area contributed by atoms with Crippen LogP contribution in [0.25, 0.3) is 10.9 Å². The van der Waals surface area contributed by atoms with Crippen molar-refractivity contribution in [2.45, 2.75) is 6.54 Å². The highest BCUT2D eigenvalue weighted by atomic mass is 19.1. The van der Waals surface area contributed by atoms with E-state index in [1.54, 1.807) is 35.2 Å². The van der Waals surface area contributed by atoms with Crippen LogP contribution >= 0.6 is 0 Å². The summed E-state index contributed by atoms with van der Waals surface area (Å²) in [7, 11) is 0. The zero-order chi connectivity index (χ0) is 19.7. The second kappa shape index (κ2) is 7.44. The standard InChI is InChI=1S/C21H20FN3O3/c22-18-4-2-1-3-15(18)13-24-7-9-25(10-8-24)20(26)14-5-6-16-17(21(27)28)12-23-19(16)11-14/h1-6,11-12,23H,7-10,13H2,(H,27,28). The van der Waals surface area contributed by atoms with Crippen LogP contribution in [0.4, 0.5) is 4.39 Å². The fraction of sp³-hybridized carbons (Fsp3) is 0.238. The molecule has 28 heavy (non-hydrogen) atoms. The number of carboxylic acid groups (broad SMARTS) is 1. The lowest BCUT2D eigenvalue weighted by atomic mass is 10.1. The molecule has 2 heterocycles. The predicted octanol–water partition coefficient (Wildman–Crippen LogP) is 2.96. The minimum absolute atomic E-state index is 0.0843. The topological polar surface area (TPSA) is 76.6 Å². The Hall–Kier alpha value is -3.19. The van der Waals surface area contributed by atoms with Gasteiger partial charge in [-0.1, -0.05) is 24.3 Å². The zero-order valence-electron chi connectivity index (χ0n) is 15.2. The van der Waals surface area contributed by atoms with E-state index in [9.17, 15) is 19.1 Å². The van der Waals surface area contributed by atoms with Crippen molar-refractivity contribution in [1.29, 1.82) is 0 Å². The second-order valence-corrected chi connectivity index (χ2v) is 6.93. The van der Waals surface area contributed by atoms with E-state index in [4.69, 9.17) is 0 Å². The van der Waals surface area contributed by atoms with Gasteiger partial charge in [-0.2, -0.15) is 0 Å². The maximum atomic E-state index is 13.8. The van der Waals surface area contributed by atoms with Gasteiger partial charge in [0, 0.05) is 61.0 Å². The van der Waals surface area contributed by atoms with Gasteiger partial charge in [0.2, 0.25) is 0 Å². The number of aromatic amines is 1. The number of rotatable bonds is 4. The highest BCUT2D eigenvalue weighted by Crippen LogP contribution is 2.21. The number of nitrogens with one attached hydrogen (secondary N) is 1. The Morgan fingerprint density at radius 2 is 1.82 bits per heavy atom. The summed E-state index contributed by atoms with van der Waals surface area (Å²) in [5.74, 6) is -1.30. The largest absolute Gasteiger partial charge is 0.478 e. The van der Waals surface area contributed by atoms with Gasteiger partial charge in [-0.05, 0) is 18.2 Å². The van der Waals surface area contributed by atoms with Gasteiger partial charge in [0.05, 0.1) is 5.56 Å². The van der Waals surface area contributed by atoms with Gasteiger partial charge in [0.25, 0.3) is 5.91 Å². The molecule has 0 unspecified atom stereocenters. The van der Waals surface area contributed by atoms with Crippen LogP contribution in [0.15, 0.2) is 48.7 Å². The normalized spacial score (nSPS) is 15.1. The van der Waals surface area contributed by atoms with Gasteiger partial charge >= 0.3 is 5.97 Å². The summed E-state index contributed by atoms with van der Waals surface area (Å²) in [5.41, 5.74) is 2.00. The molecular weight excluding hydrogens is 361 g/mol.